The summed E-state index contributed by atoms with van der Waals surface area (Å²) in [7, 11) is -2.89. The van der Waals surface area contributed by atoms with E-state index in [9.17, 15) is 13.2 Å². The molecule has 0 aliphatic carbocycles. The summed E-state index contributed by atoms with van der Waals surface area (Å²) in [6, 6.07) is 0.0385. The maximum Gasteiger partial charge on any atom is 0.224 e. The van der Waals surface area contributed by atoms with Crippen LogP contribution in [0.15, 0.2) is 0 Å². The zero-order chi connectivity index (χ0) is 15.3. The molecule has 2 rings (SSSR count). The number of rotatable bonds is 5. The van der Waals surface area contributed by atoms with E-state index in [2.05, 4.69) is 5.32 Å². The van der Waals surface area contributed by atoms with Crippen LogP contribution >= 0.6 is 0 Å². The minimum atomic E-state index is -2.89. The molecule has 2 fully saturated rings. The van der Waals surface area contributed by atoms with Gasteiger partial charge in [0.1, 0.15) is 0 Å². The second-order valence-corrected chi connectivity index (χ2v) is 8.84. The van der Waals surface area contributed by atoms with Crippen LogP contribution < -0.4 is 5.32 Å². The van der Waals surface area contributed by atoms with Gasteiger partial charge in [-0.05, 0) is 32.6 Å². The molecule has 2 aliphatic rings. The van der Waals surface area contributed by atoms with E-state index in [1.165, 1.54) is 12.8 Å². The molecule has 0 aromatic carbocycles. The second-order valence-electron chi connectivity index (χ2n) is 6.44. The van der Waals surface area contributed by atoms with Crippen molar-refractivity contribution in [1.29, 1.82) is 0 Å². The molecule has 21 heavy (non-hydrogen) atoms. The average Bonchev–Trinajstić information content (AvgIpc) is 2.66. The van der Waals surface area contributed by atoms with Crippen molar-refractivity contribution in [2.75, 3.05) is 25.4 Å². The van der Waals surface area contributed by atoms with Crippen LogP contribution in [0.3, 0.4) is 0 Å². The lowest BCUT2D eigenvalue weighted by Gasteiger charge is -2.23. The van der Waals surface area contributed by atoms with E-state index in [-0.39, 0.29) is 17.2 Å². The SMILES string of the molecule is C[C@@H](CC(=O)N1CCCCCC1)NC[C@H]1CCCS1(=O)=O. The average molecular weight is 316 g/mol. The lowest BCUT2D eigenvalue weighted by Crippen LogP contribution is -2.40. The predicted octanol–water partition coefficient (Wildman–Crippen LogP) is 1.33. The van der Waals surface area contributed by atoms with Crippen LogP contribution in [0.2, 0.25) is 0 Å². The number of nitrogens with one attached hydrogen (secondary N) is 1. The Morgan fingerprint density at radius 2 is 1.86 bits per heavy atom. The first-order chi connectivity index (χ1) is 9.99. The number of carbonyl (C=O) groups excluding carboxylic acids is 1. The Balaban J connectivity index is 1.73. The first kappa shape index (κ1) is 16.7. The fraction of sp³-hybridized carbons (Fsp3) is 0.933. The summed E-state index contributed by atoms with van der Waals surface area (Å²) in [6.07, 6.45) is 6.64. The van der Waals surface area contributed by atoms with Crippen molar-refractivity contribution in [2.45, 2.75) is 63.2 Å². The van der Waals surface area contributed by atoms with Crippen molar-refractivity contribution < 1.29 is 13.2 Å². The van der Waals surface area contributed by atoms with E-state index >= 15 is 0 Å². The maximum absolute atomic E-state index is 12.3. The number of hydrogen-bond acceptors (Lipinski definition) is 4. The molecule has 122 valence electrons. The molecule has 2 heterocycles. The van der Waals surface area contributed by atoms with Crippen molar-refractivity contribution in [2.24, 2.45) is 0 Å². The third-order valence-electron chi connectivity index (χ3n) is 4.60. The molecule has 2 aliphatic heterocycles. The molecule has 0 aromatic heterocycles. The third-order valence-corrected chi connectivity index (χ3v) is 6.87. The van der Waals surface area contributed by atoms with Gasteiger partial charge in [-0.15, -0.1) is 0 Å². The van der Waals surface area contributed by atoms with E-state index in [0.29, 0.717) is 18.7 Å². The molecule has 6 heteroatoms. The lowest BCUT2D eigenvalue weighted by molar-refractivity contribution is -0.131. The highest BCUT2D eigenvalue weighted by Gasteiger charge is 2.31. The molecule has 0 spiro atoms. The zero-order valence-electron chi connectivity index (χ0n) is 13.0. The number of likely N-dealkylation sites (tertiary alicyclic amines) is 1. The highest BCUT2D eigenvalue weighted by molar-refractivity contribution is 7.92. The van der Waals surface area contributed by atoms with Crippen molar-refractivity contribution in [3.8, 4) is 0 Å². The number of sulfone groups is 1. The van der Waals surface area contributed by atoms with Crippen LogP contribution in [-0.2, 0) is 14.6 Å². The molecule has 0 bridgehead atoms. The quantitative estimate of drug-likeness (QED) is 0.831. The van der Waals surface area contributed by atoms with Gasteiger partial charge in [-0.2, -0.15) is 0 Å². The number of hydrogen-bond donors (Lipinski definition) is 1. The van der Waals surface area contributed by atoms with Gasteiger partial charge in [0.2, 0.25) is 5.91 Å². The smallest absolute Gasteiger partial charge is 0.224 e. The molecular formula is C15H28N2O3S. The van der Waals surface area contributed by atoms with Crippen LogP contribution in [0.1, 0.15) is 51.9 Å². The Morgan fingerprint density at radius 1 is 1.19 bits per heavy atom. The molecule has 0 aromatic rings. The van der Waals surface area contributed by atoms with E-state index in [4.69, 9.17) is 0 Å². The van der Waals surface area contributed by atoms with E-state index in [1.807, 2.05) is 11.8 Å². The largest absolute Gasteiger partial charge is 0.343 e. The monoisotopic (exact) mass is 316 g/mol. The summed E-state index contributed by atoms with van der Waals surface area (Å²) >= 11 is 0. The van der Waals surface area contributed by atoms with Gasteiger partial charge < -0.3 is 10.2 Å². The summed E-state index contributed by atoms with van der Waals surface area (Å²) in [5.41, 5.74) is 0. The molecule has 5 nitrogen and oxygen atoms in total. The molecule has 2 atom stereocenters. The third kappa shape index (κ3) is 4.95. The number of nitrogens with zero attached hydrogens (tertiary/aromatic N) is 1. The molecular weight excluding hydrogens is 288 g/mol. The molecule has 1 amide bonds. The summed E-state index contributed by atoms with van der Waals surface area (Å²) in [5, 5.41) is 2.98. The molecule has 0 unspecified atom stereocenters. The van der Waals surface area contributed by atoms with Gasteiger partial charge in [-0.25, -0.2) is 8.42 Å². The normalized spacial score (nSPS) is 27.3. The maximum atomic E-state index is 12.3. The summed E-state index contributed by atoms with van der Waals surface area (Å²) in [6.45, 7) is 4.21. The van der Waals surface area contributed by atoms with Crippen molar-refractivity contribution in [3.63, 3.8) is 0 Å². The topological polar surface area (TPSA) is 66.5 Å². The molecule has 1 N–H and O–H groups in total. The summed E-state index contributed by atoms with van der Waals surface area (Å²) in [4.78, 5) is 14.2. The van der Waals surface area contributed by atoms with Gasteiger partial charge in [-0.3, -0.25) is 4.79 Å². The zero-order valence-corrected chi connectivity index (χ0v) is 13.8. The summed E-state index contributed by atoms with van der Waals surface area (Å²) in [5.74, 6) is 0.520. The summed E-state index contributed by atoms with van der Waals surface area (Å²) < 4.78 is 23.5. The molecule has 0 radical (unpaired) electrons. The number of amides is 1. The minimum Gasteiger partial charge on any atom is -0.343 e. The van der Waals surface area contributed by atoms with E-state index in [1.54, 1.807) is 0 Å². The number of carbonyl (C=O) groups is 1. The Kier molecular flexibility index (Phi) is 6.05. The Bertz CT molecular complexity index is 442. The van der Waals surface area contributed by atoms with Crippen molar-refractivity contribution in [1.82, 2.24) is 10.2 Å². The molecule has 0 saturated carbocycles. The van der Waals surface area contributed by atoms with Gasteiger partial charge in [0.25, 0.3) is 0 Å². The van der Waals surface area contributed by atoms with Crippen molar-refractivity contribution >= 4 is 15.7 Å². The Hall–Kier alpha value is -0.620. The first-order valence-corrected chi connectivity index (χ1v) is 9.93. The minimum absolute atomic E-state index is 0.0385. The standard InChI is InChI=1S/C15H28N2O3S/c1-13(16-12-14-7-6-10-21(14,19)20)11-15(18)17-8-4-2-3-5-9-17/h13-14,16H,2-12H2,1H3/t13-,14+/m0/s1. The molecule has 2 saturated heterocycles. The van der Waals surface area contributed by atoms with Gasteiger partial charge in [0.05, 0.1) is 11.0 Å². The van der Waals surface area contributed by atoms with Crippen LogP contribution in [0, 0.1) is 0 Å². The first-order valence-electron chi connectivity index (χ1n) is 8.22. The van der Waals surface area contributed by atoms with Crippen LogP contribution in [0.5, 0.6) is 0 Å². The lowest BCUT2D eigenvalue weighted by atomic mass is 10.2. The van der Waals surface area contributed by atoms with Gasteiger partial charge in [-0.1, -0.05) is 12.8 Å². The van der Waals surface area contributed by atoms with E-state index in [0.717, 1.165) is 38.8 Å². The fourth-order valence-corrected chi connectivity index (χ4v) is 4.98. The predicted molar refractivity (Wildman–Crippen MR) is 83.9 cm³/mol. The second kappa shape index (κ2) is 7.58. The highest BCUT2D eigenvalue weighted by Crippen LogP contribution is 2.19. The Morgan fingerprint density at radius 3 is 2.43 bits per heavy atom. The Labute approximate surface area is 128 Å². The van der Waals surface area contributed by atoms with Crippen molar-refractivity contribution in [3.05, 3.63) is 0 Å². The fourth-order valence-electron chi connectivity index (χ4n) is 3.20. The van der Waals surface area contributed by atoms with Crippen LogP contribution in [0.4, 0.5) is 0 Å². The van der Waals surface area contributed by atoms with Crippen LogP contribution in [0.25, 0.3) is 0 Å². The van der Waals surface area contributed by atoms with Gasteiger partial charge >= 0.3 is 0 Å². The van der Waals surface area contributed by atoms with E-state index < -0.39 is 9.84 Å². The highest BCUT2D eigenvalue weighted by atomic mass is 32.2. The van der Waals surface area contributed by atoms with Gasteiger partial charge in [0.15, 0.2) is 9.84 Å². The van der Waals surface area contributed by atoms with Gasteiger partial charge in [0, 0.05) is 32.1 Å². The van der Waals surface area contributed by atoms with Crippen LogP contribution in [-0.4, -0.2) is 55.9 Å².